The van der Waals surface area contributed by atoms with Gasteiger partial charge in [0.05, 0.1) is 18.3 Å². The average Bonchev–Trinajstić information content (AvgIpc) is 3.17. The molecule has 0 bridgehead atoms. The van der Waals surface area contributed by atoms with Crippen LogP contribution in [0.4, 0.5) is 0 Å². The van der Waals surface area contributed by atoms with Crippen LogP contribution in [0.2, 0.25) is 0 Å². The van der Waals surface area contributed by atoms with Gasteiger partial charge in [-0.3, -0.25) is 14.4 Å². The average molecular weight is 466 g/mol. The van der Waals surface area contributed by atoms with E-state index in [1.807, 2.05) is 7.05 Å². The van der Waals surface area contributed by atoms with E-state index in [-0.39, 0.29) is 24.3 Å². The Hall–Kier alpha value is -2.53. The summed E-state index contributed by atoms with van der Waals surface area (Å²) in [4.78, 5) is 58.8. The summed E-state index contributed by atoms with van der Waals surface area (Å²) in [6.07, 6.45) is 2.18. The van der Waals surface area contributed by atoms with Gasteiger partial charge >= 0.3 is 11.9 Å². The summed E-state index contributed by atoms with van der Waals surface area (Å²) in [5, 5.41) is 6.02. The highest BCUT2D eigenvalue weighted by Crippen LogP contribution is 2.28. The van der Waals surface area contributed by atoms with Gasteiger partial charge in [-0.2, -0.15) is 0 Å². The number of nitrogens with zero attached hydrogens (tertiary/aromatic N) is 3. The van der Waals surface area contributed by atoms with Crippen molar-refractivity contribution in [1.82, 2.24) is 25.4 Å². The largest absolute Gasteiger partial charge is 0.459 e. The molecule has 1 aromatic heterocycles. The maximum atomic E-state index is 13.0. The lowest BCUT2D eigenvalue weighted by molar-refractivity contribution is -0.155. The molecule has 0 unspecified atom stereocenters. The molecule has 3 atom stereocenters. The third kappa shape index (κ3) is 5.63. The highest BCUT2D eigenvalue weighted by Gasteiger charge is 2.37. The monoisotopic (exact) mass is 465 g/mol. The molecule has 2 N–H and O–H groups in total. The number of ether oxygens (including phenoxy) is 1. The molecule has 0 aromatic carbocycles. The second-order valence-electron chi connectivity index (χ2n) is 8.50. The molecule has 1 aliphatic carbocycles. The molecule has 2 heterocycles. The van der Waals surface area contributed by atoms with E-state index < -0.39 is 24.0 Å². The van der Waals surface area contributed by atoms with Gasteiger partial charge in [0, 0.05) is 50.4 Å². The molecule has 3 rings (SSSR count). The lowest BCUT2D eigenvalue weighted by Gasteiger charge is -2.36. The SMILES string of the molecule is CCOC(=O)C(=O)N[C@H]1CC[C@H](C(=O)N(C)C)C[C@H]1NC(=O)c1nc2c(s1)CN(C)CC2. The Morgan fingerprint density at radius 3 is 2.62 bits per heavy atom. The van der Waals surface area contributed by atoms with Crippen LogP contribution in [0.5, 0.6) is 0 Å². The zero-order valence-electron chi connectivity index (χ0n) is 19.0. The molecule has 10 nitrogen and oxygen atoms in total. The van der Waals surface area contributed by atoms with Crippen molar-refractivity contribution < 1.29 is 23.9 Å². The van der Waals surface area contributed by atoms with Gasteiger partial charge in [-0.15, -0.1) is 11.3 Å². The molecular formula is C21H31N5O5S. The molecule has 2 aliphatic rings. The van der Waals surface area contributed by atoms with Crippen LogP contribution in [-0.2, 0) is 32.1 Å². The normalized spacial score (nSPS) is 23.1. The minimum Gasteiger partial charge on any atom is -0.459 e. The Labute approximate surface area is 191 Å². The number of carbonyl (C=O) groups is 4. The number of carbonyl (C=O) groups excluding carboxylic acids is 4. The van der Waals surface area contributed by atoms with Gasteiger partial charge < -0.3 is 25.2 Å². The topological polar surface area (TPSA) is 121 Å². The third-order valence-corrected chi connectivity index (χ3v) is 6.93. The maximum absolute atomic E-state index is 13.0. The van der Waals surface area contributed by atoms with Crippen molar-refractivity contribution in [2.75, 3.05) is 34.3 Å². The maximum Gasteiger partial charge on any atom is 0.396 e. The highest BCUT2D eigenvalue weighted by atomic mass is 32.1. The number of hydrogen-bond donors (Lipinski definition) is 2. The molecule has 1 fully saturated rings. The number of aromatic nitrogens is 1. The van der Waals surface area contributed by atoms with E-state index in [1.54, 1.807) is 21.0 Å². The van der Waals surface area contributed by atoms with Gasteiger partial charge in [0.2, 0.25) is 5.91 Å². The minimum absolute atomic E-state index is 0.0211. The second-order valence-corrected chi connectivity index (χ2v) is 9.58. The van der Waals surface area contributed by atoms with Crippen LogP contribution in [0, 0.1) is 5.92 Å². The van der Waals surface area contributed by atoms with Gasteiger partial charge in [-0.05, 0) is 33.2 Å². The van der Waals surface area contributed by atoms with E-state index in [1.165, 1.54) is 16.2 Å². The third-order valence-electron chi connectivity index (χ3n) is 5.85. The molecule has 1 saturated carbocycles. The Kier molecular flexibility index (Phi) is 7.83. The number of fused-ring (bicyclic) bond motifs is 1. The number of thiazole rings is 1. The summed E-state index contributed by atoms with van der Waals surface area (Å²) in [5.74, 6) is -2.43. The number of likely N-dealkylation sites (N-methyl/N-ethyl adjacent to an activating group) is 1. The van der Waals surface area contributed by atoms with Crippen LogP contribution in [0.15, 0.2) is 0 Å². The van der Waals surface area contributed by atoms with Crippen molar-refractivity contribution in [3.63, 3.8) is 0 Å². The van der Waals surface area contributed by atoms with E-state index in [2.05, 4.69) is 20.5 Å². The molecule has 1 aliphatic heterocycles. The van der Waals surface area contributed by atoms with Crippen LogP contribution >= 0.6 is 11.3 Å². The fraction of sp³-hybridized carbons (Fsp3) is 0.667. The van der Waals surface area contributed by atoms with Crippen molar-refractivity contribution >= 4 is 35.0 Å². The van der Waals surface area contributed by atoms with Crippen LogP contribution in [0.1, 0.15) is 46.6 Å². The first-order valence-electron chi connectivity index (χ1n) is 10.9. The molecule has 0 spiro atoms. The lowest BCUT2D eigenvalue weighted by Crippen LogP contribution is -2.57. The van der Waals surface area contributed by atoms with Gasteiger partial charge in [0.15, 0.2) is 5.01 Å². The molecular weight excluding hydrogens is 434 g/mol. The van der Waals surface area contributed by atoms with Crippen molar-refractivity contribution in [3.05, 3.63) is 15.6 Å². The Morgan fingerprint density at radius 2 is 1.94 bits per heavy atom. The number of amides is 3. The fourth-order valence-corrected chi connectivity index (χ4v) is 5.26. The molecule has 1 aromatic rings. The first-order valence-corrected chi connectivity index (χ1v) is 11.7. The van der Waals surface area contributed by atoms with E-state index >= 15 is 0 Å². The smallest absolute Gasteiger partial charge is 0.396 e. The van der Waals surface area contributed by atoms with Gasteiger partial charge in [0.1, 0.15) is 0 Å². The first-order chi connectivity index (χ1) is 15.2. The quantitative estimate of drug-likeness (QED) is 0.470. The summed E-state index contributed by atoms with van der Waals surface area (Å²) in [7, 11) is 5.42. The fourth-order valence-electron chi connectivity index (χ4n) is 4.17. The Bertz CT molecular complexity index is 886. The van der Waals surface area contributed by atoms with Crippen LogP contribution in [0.3, 0.4) is 0 Å². The number of esters is 1. The summed E-state index contributed by atoms with van der Waals surface area (Å²) >= 11 is 1.37. The van der Waals surface area contributed by atoms with Crippen LogP contribution in [-0.4, -0.2) is 84.9 Å². The predicted molar refractivity (Wildman–Crippen MR) is 118 cm³/mol. The summed E-state index contributed by atoms with van der Waals surface area (Å²) in [6, 6.07) is -0.991. The molecule has 0 saturated heterocycles. The molecule has 3 amide bonds. The van der Waals surface area contributed by atoms with E-state index in [9.17, 15) is 19.2 Å². The lowest BCUT2D eigenvalue weighted by atomic mass is 9.81. The summed E-state index contributed by atoms with van der Waals surface area (Å²) in [5.41, 5.74) is 0.953. The highest BCUT2D eigenvalue weighted by molar-refractivity contribution is 7.13. The van der Waals surface area contributed by atoms with E-state index in [4.69, 9.17) is 4.74 Å². The Morgan fingerprint density at radius 1 is 1.19 bits per heavy atom. The Balaban J connectivity index is 1.74. The van der Waals surface area contributed by atoms with Gasteiger partial charge in [-0.25, -0.2) is 9.78 Å². The van der Waals surface area contributed by atoms with Gasteiger partial charge in [-0.1, -0.05) is 0 Å². The van der Waals surface area contributed by atoms with Crippen molar-refractivity contribution in [1.29, 1.82) is 0 Å². The number of hydrogen-bond acceptors (Lipinski definition) is 8. The zero-order valence-corrected chi connectivity index (χ0v) is 19.8. The van der Waals surface area contributed by atoms with Crippen LogP contribution < -0.4 is 10.6 Å². The van der Waals surface area contributed by atoms with Crippen molar-refractivity contribution in [3.8, 4) is 0 Å². The molecule has 32 heavy (non-hydrogen) atoms. The number of rotatable bonds is 5. The number of nitrogens with one attached hydrogen (secondary N) is 2. The molecule has 176 valence electrons. The molecule has 0 radical (unpaired) electrons. The minimum atomic E-state index is -0.958. The summed E-state index contributed by atoms with van der Waals surface area (Å²) in [6.45, 7) is 3.39. The van der Waals surface area contributed by atoms with E-state index in [0.717, 1.165) is 30.1 Å². The van der Waals surface area contributed by atoms with Crippen molar-refractivity contribution in [2.24, 2.45) is 5.92 Å². The van der Waals surface area contributed by atoms with Gasteiger partial charge in [0.25, 0.3) is 5.91 Å². The predicted octanol–water partition coefficient (Wildman–Crippen LogP) is 0.166. The zero-order chi connectivity index (χ0) is 23.4. The first kappa shape index (κ1) is 24.1. The van der Waals surface area contributed by atoms with E-state index in [0.29, 0.717) is 24.3 Å². The van der Waals surface area contributed by atoms with Crippen LogP contribution in [0.25, 0.3) is 0 Å². The summed E-state index contributed by atoms with van der Waals surface area (Å²) < 4.78 is 4.77. The second kappa shape index (κ2) is 10.4. The standard InChI is InChI=1S/C21H31N5O5S/c1-5-31-21(30)18(28)22-13-7-6-12(20(29)25(2)3)10-15(13)23-17(27)19-24-14-8-9-26(4)11-16(14)32-19/h12-13,15H,5-11H2,1-4H3,(H,22,28)(H,23,27)/t12-,13-,15+/m0/s1. The molecule has 11 heteroatoms. The van der Waals surface area contributed by atoms with Crippen molar-refractivity contribution in [2.45, 2.75) is 51.2 Å².